The van der Waals surface area contributed by atoms with Gasteiger partial charge in [-0.15, -0.1) is 0 Å². The fourth-order valence-corrected chi connectivity index (χ4v) is 2.87. The van der Waals surface area contributed by atoms with E-state index in [0.29, 0.717) is 11.6 Å². The monoisotopic (exact) mass is 256 g/mol. The number of aliphatic hydroxyl groups is 2. The lowest BCUT2D eigenvalue weighted by molar-refractivity contribution is -0.124. The van der Waals surface area contributed by atoms with Gasteiger partial charge in [-0.2, -0.15) is 0 Å². The van der Waals surface area contributed by atoms with Crippen molar-refractivity contribution in [3.05, 3.63) is 0 Å². The molecule has 0 unspecified atom stereocenters. The second-order valence-corrected chi connectivity index (χ2v) is 5.20. The van der Waals surface area contributed by atoms with Crippen molar-refractivity contribution in [2.45, 2.75) is 51.4 Å². The summed E-state index contributed by atoms with van der Waals surface area (Å²) in [6, 6.07) is 0. The number of ketones is 2. The minimum Gasteiger partial charge on any atom is -0.394 e. The van der Waals surface area contributed by atoms with Gasteiger partial charge < -0.3 is 10.2 Å². The van der Waals surface area contributed by atoms with E-state index in [1.165, 1.54) is 0 Å². The van der Waals surface area contributed by atoms with Crippen molar-refractivity contribution >= 4 is 11.6 Å². The Morgan fingerprint density at radius 3 is 1.22 bits per heavy atom. The van der Waals surface area contributed by atoms with E-state index in [0.717, 1.165) is 63.2 Å². The lowest BCUT2D eigenvalue weighted by atomic mass is 9.73. The van der Waals surface area contributed by atoms with Crippen LogP contribution in [0.25, 0.3) is 0 Å². The molecule has 0 spiro atoms. The Kier molecular flexibility index (Phi) is 7.13. The van der Waals surface area contributed by atoms with Gasteiger partial charge in [0.05, 0.1) is 13.2 Å². The molecule has 4 nitrogen and oxygen atoms in total. The molecule has 2 fully saturated rings. The summed E-state index contributed by atoms with van der Waals surface area (Å²) in [7, 11) is 0. The van der Waals surface area contributed by atoms with Gasteiger partial charge in [0, 0.05) is 25.7 Å². The molecule has 0 aromatic rings. The zero-order valence-electron chi connectivity index (χ0n) is 10.9. The highest BCUT2D eigenvalue weighted by molar-refractivity contribution is 5.79. The molecule has 0 aliphatic heterocycles. The standard InChI is InChI=1S/C12H18O2.C2H6O2/c13-11-5-1-9(2-6-11)10-3-7-12(14)8-4-10;3-1-2-4/h9-10H,1-8H2;3-4H,1-2H2. The smallest absolute Gasteiger partial charge is 0.132 e. The minimum absolute atomic E-state index is 0.125. The molecule has 2 aliphatic rings. The predicted octanol–water partition coefficient (Wildman–Crippen LogP) is 1.48. The lowest BCUT2D eigenvalue weighted by Crippen LogP contribution is -2.25. The third-order valence-electron chi connectivity index (χ3n) is 3.94. The zero-order chi connectivity index (χ0) is 13.4. The summed E-state index contributed by atoms with van der Waals surface area (Å²) in [5, 5.41) is 15.2. The largest absolute Gasteiger partial charge is 0.394 e. The maximum atomic E-state index is 11.1. The molecular formula is C14H24O4. The van der Waals surface area contributed by atoms with Crippen molar-refractivity contribution in [3.8, 4) is 0 Å². The fraction of sp³-hybridized carbons (Fsp3) is 0.857. The molecule has 4 heteroatoms. The molecule has 104 valence electrons. The van der Waals surface area contributed by atoms with E-state index >= 15 is 0 Å². The third-order valence-corrected chi connectivity index (χ3v) is 3.94. The van der Waals surface area contributed by atoms with Gasteiger partial charge in [0.25, 0.3) is 0 Å². The van der Waals surface area contributed by atoms with E-state index in [4.69, 9.17) is 10.2 Å². The number of carbonyl (C=O) groups is 2. The highest BCUT2D eigenvalue weighted by atomic mass is 16.3. The Hall–Kier alpha value is -0.740. The number of hydrogen-bond donors (Lipinski definition) is 2. The van der Waals surface area contributed by atoms with Crippen molar-refractivity contribution < 1.29 is 19.8 Å². The van der Waals surface area contributed by atoms with Crippen LogP contribution in [0.3, 0.4) is 0 Å². The van der Waals surface area contributed by atoms with E-state index in [2.05, 4.69) is 0 Å². The molecule has 0 saturated heterocycles. The SMILES string of the molecule is O=C1CCC(C2CCC(=O)CC2)CC1.OCCO. The molecule has 0 radical (unpaired) electrons. The van der Waals surface area contributed by atoms with Gasteiger partial charge in [0.2, 0.25) is 0 Å². The van der Waals surface area contributed by atoms with Crippen LogP contribution in [-0.2, 0) is 9.59 Å². The second kappa shape index (κ2) is 8.38. The van der Waals surface area contributed by atoms with Gasteiger partial charge in [0.1, 0.15) is 11.6 Å². The van der Waals surface area contributed by atoms with E-state index in [9.17, 15) is 9.59 Å². The molecule has 0 aromatic carbocycles. The van der Waals surface area contributed by atoms with Gasteiger partial charge in [-0.1, -0.05) is 0 Å². The summed E-state index contributed by atoms with van der Waals surface area (Å²) in [5.74, 6) is 2.35. The Morgan fingerprint density at radius 1 is 0.722 bits per heavy atom. The summed E-state index contributed by atoms with van der Waals surface area (Å²) < 4.78 is 0. The molecule has 0 aromatic heterocycles. The van der Waals surface area contributed by atoms with E-state index in [-0.39, 0.29) is 13.2 Å². The van der Waals surface area contributed by atoms with Crippen LogP contribution in [0, 0.1) is 11.8 Å². The van der Waals surface area contributed by atoms with E-state index < -0.39 is 0 Å². The van der Waals surface area contributed by atoms with E-state index in [1.807, 2.05) is 0 Å². The molecule has 2 aliphatic carbocycles. The molecule has 0 bridgehead atoms. The topological polar surface area (TPSA) is 74.6 Å². The van der Waals surface area contributed by atoms with Gasteiger partial charge in [-0.05, 0) is 37.5 Å². The summed E-state index contributed by atoms with van der Waals surface area (Å²) >= 11 is 0. The summed E-state index contributed by atoms with van der Waals surface area (Å²) in [4.78, 5) is 22.2. The van der Waals surface area contributed by atoms with Crippen LogP contribution in [0.4, 0.5) is 0 Å². The average Bonchev–Trinajstić information content (AvgIpc) is 2.41. The Bertz CT molecular complexity index is 227. The molecule has 2 saturated carbocycles. The second-order valence-electron chi connectivity index (χ2n) is 5.20. The van der Waals surface area contributed by atoms with Crippen LogP contribution in [-0.4, -0.2) is 35.0 Å². The molecule has 0 heterocycles. The number of Topliss-reactive ketones (excluding diaryl/α,β-unsaturated/α-hetero) is 2. The van der Waals surface area contributed by atoms with Crippen LogP contribution >= 0.6 is 0 Å². The minimum atomic E-state index is -0.125. The van der Waals surface area contributed by atoms with Crippen molar-refractivity contribution in [3.63, 3.8) is 0 Å². The number of hydrogen-bond acceptors (Lipinski definition) is 4. The molecular weight excluding hydrogens is 232 g/mol. The Labute approximate surface area is 108 Å². The maximum Gasteiger partial charge on any atom is 0.132 e. The maximum absolute atomic E-state index is 11.1. The van der Waals surface area contributed by atoms with Gasteiger partial charge in [0.15, 0.2) is 0 Å². The van der Waals surface area contributed by atoms with Crippen LogP contribution in [0.15, 0.2) is 0 Å². The predicted molar refractivity (Wildman–Crippen MR) is 68.1 cm³/mol. The van der Waals surface area contributed by atoms with Gasteiger partial charge in [-0.25, -0.2) is 0 Å². The first-order valence-electron chi connectivity index (χ1n) is 6.92. The van der Waals surface area contributed by atoms with Crippen LogP contribution < -0.4 is 0 Å². The quantitative estimate of drug-likeness (QED) is 0.784. The van der Waals surface area contributed by atoms with Crippen LogP contribution in [0.1, 0.15) is 51.4 Å². The fourth-order valence-electron chi connectivity index (χ4n) is 2.87. The molecule has 0 atom stereocenters. The number of carbonyl (C=O) groups excluding carboxylic acids is 2. The normalized spacial score (nSPS) is 22.6. The summed E-state index contributed by atoms with van der Waals surface area (Å²) in [6.45, 7) is -0.250. The molecule has 2 N–H and O–H groups in total. The van der Waals surface area contributed by atoms with E-state index in [1.54, 1.807) is 0 Å². The highest BCUT2D eigenvalue weighted by Gasteiger charge is 2.29. The van der Waals surface area contributed by atoms with Crippen molar-refractivity contribution in [1.29, 1.82) is 0 Å². The average molecular weight is 256 g/mol. The lowest BCUT2D eigenvalue weighted by Gasteiger charge is -2.31. The van der Waals surface area contributed by atoms with Crippen LogP contribution in [0.5, 0.6) is 0 Å². The van der Waals surface area contributed by atoms with Gasteiger partial charge >= 0.3 is 0 Å². The molecule has 18 heavy (non-hydrogen) atoms. The van der Waals surface area contributed by atoms with Crippen molar-refractivity contribution in [1.82, 2.24) is 0 Å². The van der Waals surface area contributed by atoms with Crippen molar-refractivity contribution in [2.75, 3.05) is 13.2 Å². The summed E-state index contributed by atoms with van der Waals surface area (Å²) in [6.07, 6.45) is 7.47. The number of rotatable bonds is 2. The Morgan fingerprint density at radius 2 is 1.00 bits per heavy atom. The number of aliphatic hydroxyl groups excluding tert-OH is 2. The van der Waals surface area contributed by atoms with Crippen LogP contribution in [0.2, 0.25) is 0 Å². The third kappa shape index (κ3) is 5.27. The zero-order valence-corrected chi connectivity index (χ0v) is 10.9. The Balaban J connectivity index is 0.000000357. The van der Waals surface area contributed by atoms with Crippen molar-refractivity contribution in [2.24, 2.45) is 11.8 Å². The van der Waals surface area contributed by atoms with Gasteiger partial charge in [-0.3, -0.25) is 9.59 Å². The summed E-state index contributed by atoms with van der Waals surface area (Å²) in [5.41, 5.74) is 0. The molecule has 0 amide bonds. The first-order chi connectivity index (χ1) is 8.67. The molecule has 2 rings (SSSR count). The first kappa shape index (κ1) is 15.3. The first-order valence-corrected chi connectivity index (χ1v) is 6.92. The highest BCUT2D eigenvalue weighted by Crippen LogP contribution is 2.36.